The van der Waals surface area contributed by atoms with Crippen molar-refractivity contribution in [2.24, 2.45) is 5.73 Å². The van der Waals surface area contributed by atoms with Crippen LogP contribution >= 0.6 is 0 Å². The van der Waals surface area contributed by atoms with Crippen molar-refractivity contribution in [2.45, 2.75) is 6.42 Å². The quantitative estimate of drug-likeness (QED) is 0.566. The zero-order valence-electron chi connectivity index (χ0n) is 7.59. The summed E-state index contributed by atoms with van der Waals surface area (Å²) in [6, 6.07) is 3.93. The van der Waals surface area contributed by atoms with E-state index in [9.17, 15) is 9.18 Å². The topological polar surface area (TPSA) is 43.1 Å². The van der Waals surface area contributed by atoms with Crippen LogP contribution in [0.5, 0.6) is 0 Å². The van der Waals surface area contributed by atoms with Crippen LogP contribution in [0.2, 0.25) is 0 Å². The summed E-state index contributed by atoms with van der Waals surface area (Å²) in [5.41, 5.74) is 6.06. The Morgan fingerprint density at radius 1 is 1.50 bits per heavy atom. The maximum Gasteiger partial charge on any atom is 0.151 e. The van der Waals surface area contributed by atoms with Crippen molar-refractivity contribution in [2.75, 3.05) is 6.54 Å². The molecule has 0 aliphatic heterocycles. The van der Waals surface area contributed by atoms with Crippen LogP contribution < -0.4 is 5.73 Å². The molecule has 72 valence electrons. The van der Waals surface area contributed by atoms with Gasteiger partial charge in [-0.2, -0.15) is 0 Å². The highest BCUT2D eigenvalue weighted by atomic mass is 19.1. The predicted molar refractivity (Wildman–Crippen MR) is 52.3 cm³/mol. The van der Waals surface area contributed by atoms with Crippen LogP contribution in [0.25, 0.3) is 0 Å². The normalized spacial score (nSPS) is 9.00. The van der Waals surface area contributed by atoms with E-state index in [1.165, 1.54) is 18.2 Å². The van der Waals surface area contributed by atoms with Crippen molar-refractivity contribution in [3.05, 3.63) is 35.1 Å². The molecular formula is C11H10FNO. The number of benzene rings is 1. The molecule has 0 aromatic heterocycles. The molecule has 14 heavy (non-hydrogen) atoms. The number of rotatable bonds is 2. The molecule has 0 fully saturated rings. The molecule has 0 heterocycles. The lowest BCUT2D eigenvalue weighted by atomic mass is 10.1. The van der Waals surface area contributed by atoms with Crippen LogP contribution in [-0.2, 0) is 0 Å². The first kappa shape index (κ1) is 10.4. The van der Waals surface area contributed by atoms with Crippen LogP contribution in [0.4, 0.5) is 4.39 Å². The monoisotopic (exact) mass is 191 g/mol. The lowest BCUT2D eigenvalue weighted by molar-refractivity contribution is 0.112. The minimum Gasteiger partial charge on any atom is -0.330 e. The van der Waals surface area contributed by atoms with E-state index < -0.39 is 5.82 Å². The fourth-order valence-electron chi connectivity index (χ4n) is 0.975. The van der Waals surface area contributed by atoms with E-state index in [-0.39, 0.29) is 5.56 Å². The molecule has 2 N–H and O–H groups in total. The average Bonchev–Trinajstić information content (AvgIpc) is 2.20. The maximum absolute atomic E-state index is 12.7. The number of aldehydes is 1. The Kier molecular flexibility index (Phi) is 3.84. The molecule has 0 saturated carbocycles. The molecule has 0 atom stereocenters. The molecule has 0 unspecified atom stereocenters. The highest BCUT2D eigenvalue weighted by Gasteiger charge is 1.99. The minimum absolute atomic E-state index is 0.273. The Morgan fingerprint density at radius 3 is 2.93 bits per heavy atom. The van der Waals surface area contributed by atoms with Gasteiger partial charge in [0, 0.05) is 24.1 Å². The van der Waals surface area contributed by atoms with Crippen molar-refractivity contribution >= 4 is 6.29 Å². The van der Waals surface area contributed by atoms with Gasteiger partial charge in [0.05, 0.1) is 0 Å². The Bertz CT molecular complexity index is 390. The summed E-state index contributed by atoms with van der Waals surface area (Å²) in [5.74, 6) is 5.12. The van der Waals surface area contributed by atoms with E-state index in [4.69, 9.17) is 5.73 Å². The average molecular weight is 191 g/mol. The lowest BCUT2D eigenvalue weighted by Crippen LogP contribution is -1.95. The minimum atomic E-state index is -0.434. The Hall–Kier alpha value is -1.66. The third-order valence-corrected chi connectivity index (χ3v) is 1.63. The van der Waals surface area contributed by atoms with Crippen molar-refractivity contribution < 1.29 is 9.18 Å². The number of hydrogen-bond acceptors (Lipinski definition) is 2. The van der Waals surface area contributed by atoms with Crippen molar-refractivity contribution in [1.29, 1.82) is 0 Å². The zero-order valence-corrected chi connectivity index (χ0v) is 7.59. The fourth-order valence-corrected chi connectivity index (χ4v) is 0.975. The molecule has 2 nitrogen and oxygen atoms in total. The second-order valence-electron chi connectivity index (χ2n) is 2.69. The van der Waals surface area contributed by atoms with E-state index in [1.807, 2.05) is 0 Å². The van der Waals surface area contributed by atoms with Gasteiger partial charge in [-0.3, -0.25) is 4.79 Å². The standard InChI is InChI=1S/C11H10FNO/c12-11-5-4-9(3-1-2-6-13)10(7-11)8-14/h4-5,7-8H,2,6,13H2. The van der Waals surface area contributed by atoms with Gasteiger partial charge in [-0.05, 0) is 18.2 Å². The van der Waals surface area contributed by atoms with Gasteiger partial charge in [0.2, 0.25) is 0 Å². The maximum atomic E-state index is 12.7. The third kappa shape index (κ3) is 2.68. The van der Waals surface area contributed by atoms with Gasteiger partial charge in [0.25, 0.3) is 0 Å². The summed E-state index contributed by atoms with van der Waals surface area (Å²) in [6.45, 7) is 0.477. The molecule has 3 heteroatoms. The van der Waals surface area contributed by atoms with Gasteiger partial charge in [-0.1, -0.05) is 11.8 Å². The molecule has 0 aliphatic carbocycles. The lowest BCUT2D eigenvalue weighted by Gasteiger charge is -1.95. The van der Waals surface area contributed by atoms with Crippen molar-refractivity contribution in [3.8, 4) is 11.8 Å². The summed E-state index contributed by atoms with van der Waals surface area (Å²) < 4.78 is 12.7. The van der Waals surface area contributed by atoms with Crippen LogP contribution in [0, 0.1) is 17.7 Å². The zero-order chi connectivity index (χ0) is 10.4. The van der Waals surface area contributed by atoms with Crippen LogP contribution in [0.15, 0.2) is 18.2 Å². The van der Waals surface area contributed by atoms with Crippen molar-refractivity contribution in [3.63, 3.8) is 0 Å². The smallest absolute Gasteiger partial charge is 0.151 e. The summed E-state index contributed by atoms with van der Waals surface area (Å²) >= 11 is 0. The number of hydrogen-bond donors (Lipinski definition) is 1. The molecule has 0 saturated heterocycles. The first-order valence-electron chi connectivity index (χ1n) is 4.21. The van der Waals surface area contributed by atoms with Gasteiger partial charge in [-0.25, -0.2) is 4.39 Å². The summed E-state index contributed by atoms with van der Waals surface area (Å²) in [7, 11) is 0. The van der Waals surface area contributed by atoms with Gasteiger partial charge in [0.1, 0.15) is 5.82 Å². The molecule has 0 spiro atoms. The third-order valence-electron chi connectivity index (χ3n) is 1.63. The van der Waals surface area contributed by atoms with Crippen LogP contribution in [-0.4, -0.2) is 12.8 Å². The molecule has 0 amide bonds. The molecule has 0 radical (unpaired) electrons. The van der Waals surface area contributed by atoms with Gasteiger partial charge in [0.15, 0.2) is 6.29 Å². The first-order valence-corrected chi connectivity index (χ1v) is 4.21. The van der Waals surface area contributed by atoms with Gasteiger partial charge < -0.3 is 5.73 Å². The SMILES string of the molecule is NCCC#Cc1ccc(F)cc1C=O. The first-order chi connectivity index (χ1) is 6.77. The van der Waals surface area contributed by atoms with E-state index in [2.05, 4.69) is 11.8 Å². The fraction of sp³-hybridized carbons (Fsp3) is 0.182. The number of carbonyl (C=O) groups excluding carboxylic acids is 1. The summed E-state index contributed by atoms with van der Waals surface area (Å²) in [6.07, 6.45) is 1.16. The summed E-state index contributed by atoms with van der Waals surface area (Å²) in [5, 5.41) is 0. The van der Waals surface area contributed by atoms with E-state index >= 15 is 0 Å². The Labute approximate surface area is 81.9 Å². The van der Waals surface area contributed by atoms with Gasteiger partial charge in [-0.15, -0.1) is 0 Å². The second-order valence-corrected chi connectivity index (χ2v) is 2.69. The van der Waals surface area contributed by atoms with E-state index in [0.29, 0.717) is 24.8 Å². The van der Waals surface area contributed by atoms with E-state index in [1.54, 1.807) is 0 Å². The molecular weight excluding hydrogens is 181 g/mol. The summed E-state index contributed by atoms with van der Waals surface area (Å²) in [4.78, 5) is 10.6. The number of carbonyl (C=O) groups is 1. The van der Waals surface area contributed by atoms with Crippen molar-refractivity contribution in [1.82, 2.24) is 0 Å². The molecule has 1 rings (SSSR count). The molecule has 0 aliphatic rings. The number of halogens is 1. The van der Waals surface area contributed by atoms with Crippen LogP contribution in [0.1, 0.15) is 22.3 Å². The Morgan fingerprint density at radius 2 is 2.29 bits per heavy atom. The predicted octanol–water partition coefficient (Wildman–Crippen LogP) is 1.34. The Balaban J connectivity index is 2.98. The van der Waals surface area contributed by atoms with E-state index in [0.717, 1.165) is 0 Å². The largest absolute Gasteiger partial charge is 0.330 e. The second kappa shape index (κ2) is 5.15. The number of nitrogens with two attached hydrogens (primary N) is 1. The highest BCUT2D eigenvalue weighted by Crippen LogP contribution is 2.07. The molecule has 0 bridgehead atoms. The molecule has 1 aromatic rings. The molecule has 1 aromatic carbocycles. The van der Waals surface area contributed by atoms with Crippen LogP contribution in [0.3, 0.4) is 0 Å². The van der Waals surface area contributed by atoms with Gasteiger partial charge >= 0.3 is 0 Å². The highest BCUT2D eigenvalue weighted by molar-refractivity contribution is 5.79.